The number of carbonyl (C=O) groups is 2. The molecule has 3 aromatic carbocycles. The lowest BCUT2D eigenvalue weighted by Gasteiger charge is -2.30. The highest BCUT2D eigenvalue weighted by Gasteiger charge is 2.27. The number of ether oxygens (including phenoxy) is 1. The van der Waals surface area contributed by atoms with Crippen molar-refractivity contribution < 1.29 is 23.1 Å². The lowest BCUT2D eigenvalue weighted by atomic mass is 10.1. The molecule has 0 radical (unpaired) electrons. The maximum atomic E-state index is 14.3. The molecule has 0 spiro atoms. The Balaban J connectivity index is 1.56. The molecule has 0 saturated carbocycles. The second-order valence-corrected chi connectivity index (χ2v) is 7.41. The summed E-state index contributed by atoms with van der Waals surface area (Å²) in [6.07, 6.45) is 0.0569. The molecule has 0 unspecified atom stereocenters. The van der Waals surface area contributed by atoms with Gasteiger partial charge in [-0.2, -0.15) is 0 Å². The standard InChI is InChI=1S/C23H17ClF2N2O3/c24-18-2-1-3-19(26)17(18)12-28-20-11-16(8-9-21(20)31-13-23(28)30)27-22(29)10-14-4-6-15(25)7-5-14/h1-9,11H,10,12-13H2,(H,27,29). The Kier molecular flexibility index (Phi) is 5.86. The van der Waals surface area contributed by atoms with Crippen LogP contribution in [0.25, 0.3) is 0 Å². The summed E-state index contributed by atoms with van der Waals surface area (Å²) in [6.45, 7) is -0.261. The van der Waals surface area contributed by atoms with Crippen LogP contribution in [0.15, 0.2) is 60.7 Å². The molecule has 1 aliphatic rings. The third-order valence-corrected chi connectivity index (χ3v) is 5.20. The second kappa shape index (κ2) is 8.73. The van der Waals surface area contributed by atoms with Gasteiger partial charge in [0, 0.05) is 16.3 Å². The minimum absolute atomic E-state index is 0.0569. The maximum absolute atomic E-state index is 14.3. The molecule has 0 atom stereocenters. The largest absolute Gasteiger partial charge is 0.482 e. The first-order valence-electron chi connectivity index (χ1n) is 9.45. The Morgan fingerprint density at radius 1 is 1.10 bits per heavy atom. The number of rotatable bonds is 5. The Morgan fingerprint density at radius 3 is 2.61 bits per heavy atom. The Labute approximate surface area is 182 Å². The van der Waals surface area contributed by atoms with E-state index < -0.39 is 5.82 Å². The zero-order valence-electron chi connectivity index (χ0n) is 16.2. The molecule has 0 fully saturated rings. The number of amides is 2. The van der Waals surface area contributed by atoms with Crippen LogP contribution < -0.4 is 15.0 Å². The van der Waals surface area contributed by atoms with Gasteiger partial charge in [0.15, 0.2) is 6.61 Å². The summed E-state index contributed by atoms with van der Waals surface area (Å²) in [5.74, 6) is -1.13. The van der Waals surface area contributed by atoms with E-state index in [2.05, 4.69) is 5.32 Å². The molecule has 1 N–H and O–H groups in total. The van der Waals surface area contributed by atoms with Crippen molar-refractivity contribution in [3.8, 4) is 5.75 Å². The van der Waals surface area contributed by atoms with E-state index in [1.807, 2.05) is 0 Å². The number of anilines is 2. The predicted octanol–water partition coefficient (Wildman–Crippen LogP) is 4.73. The third kappa shape index (κ3) is 4.67. The van der Waals surface area contributed by atoms with Crippen LogP contribution in [-0.4, -0.2) is 18.4 Å². The molecule has 5 nitrogen and oxygen atoms in total. The van der Waals surface area contributed by atoms with E-state index in [-0.39, 0.29) is 47.8 Å². The number of fused-ring (bicyclic) bond motifs is 1. The van der Waals surface area contributed by atoms with Crippen molar-refractivity contribution in [1.29, 1.82) is 0 Å². The summed E-state index contributed by atoms with van der Waals surface area (Å²) >= 11 is 6.12. The van der Waals surface area contributed by atoms with Gasteiger partial charge in [-0.1, -0.05) is 29.8 Å². The first-order chi connectivity index (χ1) is 14.9. The Bertz CT molecular complexity index is 1130. The summed E-state index contributed by atoms with van der Waals surface area (Å²) < 4.78 is 32.8. The molecule has 0 aromatic heterocycles. The lowest BCUT2D eigenvalue weighted by molar-refractivity contribution is -0.121. The van der Waals surface area contributed by atoms with Gasteiger partial charge >= 0.3 is 0 Å². The smallest absolute Gasteiger partial charge is 0.265 e. The Morgan fingerprint density at radius 2 is 1.87 bits per heavy atom. The molecule has 1 aliphatic heterocycles. The van der Waals surface area contributed by atoms with E-state index in [4.69, 9.17) is 16.3 Å². The van der Waals surface area contributed by atoms with Crippen molar-refractivity contribution in [2.24, 2.45) is 0 Å². The van der Waals surface area contributed by atoms with Crippen LogP contribution in [0, 0.1) is 11.6 Å². The topological polar surface area (TPSA) is 58.6 Å². The number of benzene rings is 3. The number of hydrogen-bond donors (Lipinski definition) is 1. The molecule has 2 amide bonds. The number of carbonyl (C=O) groups excluding carboxylic acids is 2. The van der Waals surface area contributed by atoms with Crippen LogP contribution in [0.4, 0.5) is 20.2 Å². The molecule has 1 heterocycles. The third-order valence-electron chi connectivity index (χ3n) is 4.84. The van der Waals surface area contributed by atoms with Crippen LogP contribution in [0.5, 0.6) is 5.75 Å². The van der Waals surface area contributed by atoms with Crippen LogP contribution in [-0.2, 0) is 22.6 Å². The van der Waals surface area contributed by atoms with E-state index >= 15 is 0 Å². The summed E-state index contributed by atoms with van der Waals surface area (Å²) in [4.78, 5) is 26.3. The van der Waals surface area contributed by atoms with Gasteiger partial charge in [0.05, 0.1) is 18.7 Å². The fourth-order valence-electron chi connectivity index (χ4n) is 3.29. The highest BCUT2D eigenvalue weighted by molar-refractivity contribution is 6.31. The van der Waals surface area contributed by atoms with Gasteiger partial charge in [0.1, 0.15) is 17.4 Å². The summed E-state index contributed by atoms with van der Waals surface area (Å²) in [6, 6.07) is 14.8. The highest BCUT2D eigenvalue weighted by Crippen LogP contribution is 2.36. The van der Waals surface area contributed by atoms with Gasteiger partial charge in [-0.05, 0) is 48.0 Å². The van der Waals surface area contributed by atoms with Crippen molar-refractivity contribution in [3.05, 3.63) is 88.4 Å². The molecule has 3 aromatic rings. The number of hydrogen-bond acceptors (Lipinski definition) is 3. The van der Waals surface area contributed by atoms with E-state index in [0.29, 0.717) is 22.7 Å². The second-order valence-electron chi connectivity index (χ2n) is 7.00. The van der Waals surface area contributed by atoms with Crippen LogP contribution in [0.2, 0.25) is 5.02 Å². The lowest BCUT2D eigenvalue weighted by Crippen LogP contribution is -2.38. The van der Waals surface area contributed by atoms with Gasteiger partial charge < -0.3 is 15.0 Å². The molecule has 4 rings (SSSR count). The highest BCUT2D eigenvalue weighted by atomic mass is 35.5. The normalized spacial score (nSPS) is 12.9. The van der Waals surface area contributed by atoms with Gasteiger partial charge in [-0.3, -0.25) is 9.59 Å². The van der Waals surface area contributed by atoms with Crippen molar-refractivity contribution >= 4 is 34.8 Å². The fourth-order valence-corrected chi connectivity index (χ4v) is 3.51. The molecular weight excluding hydrogens is 426 g/mol. The number of nitrogens with one attached hydrogen (secondary N) is 1. The maximum Gasteiger partial charge on any atom is 0.265 e. The van der Waals surface area contributed by atoms with Crippen molar-refractivity contribution in [3.63, 3.8) is 0 Å². The molecule has 8 heteroatoms. The number of halogens is 3. The van der Waals surface area contributed by atoms with Gasteiger partial charge in [0.25, 0.3) is 5.91 Å². The average molecular weight is 443 g/mol. The monoisotopic (exact) mass is 442 g/mol. The first kappa shape index (κ1) is 20.8. The molecule has 0 saturated heterocycles. The minimum atomic E-state index is -0.517. The number of nitrogens with zero attached hydrogens (tertiary/aromatic N) is 1. The summed E-state index contributed by atoms with van der Waals surface area (Å²) in [5.41, 5.74) is 1.69. The van der Waals surface area contributed by atoms with Gasteiger partial charge in [0.2, 0.25) is 5.91 Å². The molecular formula is C23H17ClF2N2O3. The summed E-state index contributed by atoms with van der Waals surface area (Å²) in [7, 11) is 0. The minimum Gasteiger partial charge on any atom is -0.482 e. The average Bonchev–Trinajstić information content (AvgIpc) is 2.74. The van der Waals surface area contributed by atoms with Crippen molar-refractivity contribution in [2.45, 2.75) is 13.0 Å². The zero-order chi connectivity index (χ0) is 22.0. The quantitative estimate of drug-likeness (QED) is 0.621. The predicted molar refractivity (Wildman–Crippen MR) is 113 cm³/mol. The molecule has 0 aliphatic carbocycles. The van der Waals surface area contributed by atoms with E-state index in [1.54, 1.807) is 24.3 Å². The van der Waals surface area contributed by atoms with E-state index in [1.165, 1.54) is 41.3 Å². The van der Waals surface area contributed by atoms with Crippen molar-refractivity contribution in [1.82, 2.24) is 0 Å². The SMILES string of the molecule is O=C(Cc1ccc(F)cc1)Nc1ccc2c(c1)N(Cc1c(F)cccc1Cl)C(=O)CO2. The zero-order valence-corrected chi connectivity index (χ0v) is 17.0. The van der Waals surface area contributed by atoms with Crippen LogP contribution >= 0.6 is 11.6 Å². The van der Waals surface area contributed by atoms with Crippen molar-refractivity contribution in [2.75, 3.05) is 16.8 Å². The van der Waals surface area contributed by atoms with Gasteiger partial charge in [-0.25, -0.2) is 8.78 Å². The van der Waals surface area contributed by atoms with Crippen LogP contribution in [0.3, 0.4) is 0 Å². The van der Waals surface area contributed by atoms with Gasteiger partial charge in [-0.15, -0.1) is 0 Å². The Hall–Kier alpha value is -3.45. The summed E-state index contributed by atoms with van der Waals surface area (Å²) in [5, 5.41) is 2.96. The van der Waals surface area contributed by atoms with E-state index in [0.717, 1.165) is 0 Å². The molecule has 0 bridgehead atoms. The molecule has 31 heavy (non-hydrogen) atoms. The molecule has 158 valence electrons. The van der Waals surface area contributed by atoms with E-state index in [9.17, 15) is 18.4 Å². The van der Waals surface area contributed by atoms with Crippen LogP contribution in [0.1, 0.15) is 11.1 Å². The first-order valence-corrected chi connectivity index (χ1v) is 9.83. The fraction of sp³-hybridized carbons (Fsp3) is 0.130.